The van der Waals surface area contributed by atoms with Crippen LogP contribution < -0.4 is 5.32 Å². The van der Waals surface area contributed by atoms with Gasteiger partial charge in [0, 0.05) is 12.1 Å². The molecule has 0 spiro atoms. The Bertz CT molecular complexity index is 291. The van der Waals surface area contributed by atoms with Gasteiger partial charge >= 0.3 is 0 Å². The van der Waals surface area contributed by atoms with E-state index in [1.807, 2.05) is 0 Å². The molecule has 0 aromatic carbocycles. The molecule has 1 aliphatic heterocycles. The minimum absolute atomic E-state index is 0.740. The summed E-state index contributed by atoms with van der Waals surface area (Å²) in [4.78, 5) is 0. The lowest BCUT2D eigenvalue weighted by Gasteiger charge is -2.33. The Balaban J connectivity index is 1.72. The van der Waals surface area contributed by atoms with Gasteiger partial charge in [-0.15, -0.1) is 0 Å². The van der Waals surface area contributed by atoms with Gasteiger partial charge in [0.25, 0.3) is 0 Å². The lowest BCUT2D eigenvalue weighted by molar-refractivity contribution is 0.253. The molecule has 162 valence electrons. The van der Waals surface area contributed by atoms with Crippen molar-refractivity contribution >= 4 is 0 Å². The number of unbranched alkanes of at least 4 members (excludes halogenated alkanes) is 16. The summed E-state index contributed by atoms with van der Waals surface area (Å²) in [5.41, 5.74) is 0. The average molecular weight is 380 g/mol. The molecule has 0 aromatic heterocycles. The van der Waals surface area contributed by atoms with E-state index < -0.39 is 0 Å². The van der Waals surface area contributed by atoms with Crippen LogP contribution in [0.25, 0.3) is 0 Å². The topological polar surface area (TPSA) is 12.0 Å². The molecule has 3 atom stereocenters. The van der Waals surface area contributed by atoms with Crippen LogP contribution >= 0.6 is 0 Å². The van der Waals surface area contributed by atoms with Crippen LogP contribution in [0.3, 0.4) is 0 Å². The molecule has 27 heavy (non-hydrogen) atoms. The molecule has 1 fully saturated rings. The van der Waals surface area contributed by atoms with Gasteiger partial charge in [-0.25, -0.2) is 0 Å². The molecule has 0 aromatic rings. The summed E-state index contributed by atoms with van der Waals surface area (Å²) in [7, 11) is 0. The number of hydrogen-bond acceptors (Lipinski definition) is 1. The van der Waals surface area contributed by atoms with Gasteiger partial charge in [-0.05, 0) is 32.1 Å². The third-order valence-electron chi connectivity index (χ3n) is 6.62. The Hall–Kier alpha value is -0.0400. The first-order chi connectivity index (χ1) is 13.2. The summed E-state index contributed by atoms with van der Waals surface area (Å²) in [5.74, 6) is 0.928. The molecule has 1 heterocycles. The molecule has 1 rings (SSSR count). The van der Waals surface area contributed by atoms with Crippen molar-refractivity contribution in [2.45, 2.75) is 161 Å². The molecular weight excluding hydrogens is 326 g/mol. The zero-order valence-corrected chi connectivity index (χ0v) is 19.4. The fourth-order valence-electron chi connectivity index (χ4n) is 5.04. The lowest BCUT2D eigenvalue weighted by atomic mass is 9.87. The molecule has 1 aliphatic rings. The zero-order chi connectivity index (χ0) is 19.6. The highest BCUT2D eigenvalue weighted by molar-refractivity contribution is 4.81. The van der Waals surface area contributed by atoms with Gasteiger partial charge in [0.15, 0.2) is 0 Å². The summed E-state index contributed by atoms with van der Waals surface area (Å²) >= 11 is 0. The van der Waals surface area contributed by atoms with E-state index >= 15 is 0 Å². The van der Waals surface area contributed by atoms with E-state index in [0.29, 0.717) is 0 Å². The third kappa shape index (κ3) is 15.5. The van der Waals surface area contributed by atoms with Gasteiger partial charge in [0.1, 0.15) is 0 Å². The van der Waals surface area contributed by atoms with Crippen LogP contribution in [0.5, 0.6) is 0 Å². The summed E-state index contributed by atoms with van der Waals surface area (Å²) in [6.45, 7) is 7.09. The van der Waals surface area contributed by atoms with E-state index in [4.69, 9.17) is 0 Å². The molecule has 0 aliphatic carbocycles. The smallest absolute Gasteiger partial charge is 0.00720 e. The van der Waals surface area contributed by atoms with Crippen LogP contribution in [0.15, 0.2) is 0 Å². The minimum Gasteiger partial charge on any atom is -0.311 e. The summed E-state index contributed by atoms with van der Waals surface area (Å²) in [5, 5.41) is 3.80. The van der Waals surface area contributed by atoms with Crippen molar-refractivity contribution in [1.29, 1.82) is 0 Å². The Morgan fingerprint density at radius 1 is 0.556 bits per heavy atom. The fraction of sp³-hybridized carbons (Fsp3) is 1.00. The Labute approximate surface area is 172 Å². The second-order valence-electron chi connectivity index (χ2n) is 9.79. The predicted molar refractivity (Wildman–Crippen MR) is 124 cm³/mol. The first-order valence-corrected chi connectivity index (χ1v) is 13.0. The van der Waals surface area contributed by atoms with Crippen LogP contribution in [0.1, 0.15) is 149 Å². The highest BCUT2D eigenvalue weighted by Crippen LogP contribution is 2.23. The molecule has 1 saturated heterocycles. The first kappa shape index (κ1) is 25.0. The molecule has 1 nitrogen and oxygen atoms in total. The maximum absolute atomic E-state index is 3.80. The summed E-state index contributed by atoms with van der Waals surface area (Å²) < 4.78 is 0. The maximum atomic E-state index is 3.80. The standard InChI is InChI=1S/C26H53N/c1-4-5-6-7-8-9-10-11-12-13-14-15-16-17-18-19-20-21-26-23-24(2)22-25(3)27-26/h24-27H,4-23H2,1-3H3. The minimum atomic E-state index is 0.740. The maximum Gasteiger partial charge on any atom is 0.00720 e. The lowest BCUT2D eigenvalue weighted by Crippen LogP contribution is -2.43. The summed E-state index contributed by atoms with van der Waals surface area (Å²) in [6, 6.07) is 1.55. The molecule has 0 bridgehead atoms. The van der Waals surface area contributed by atoms with E-state index in [1.165, 1.54) is 128 Å². The first-order valence-electron chi connectivity index (χ1n) is 13.0. The quantitative estimate of drug-likeness (QED) is 0.234. The normalized spacial score (nSPS) is 23.0. The second-order valence-corrected chi connectivity index (χ2v) is 9.79. The predicted octanol–water partition coefficient (Wildman–Crippen LogP) is 8.80. The Kier molecular flexibility index (Phi) is 16.7. The monoisotopic (exact) mass is 379 g/mol. The second kappa shape index (κ2) is 18.0. The van der Waals surface area contributed by atoms with Crippen LogP contribution in [0.2, 0.25) is 0 Å². The van der Waals surface area contributed by atoms with Crippen LogP contribution in [0.4, 0.5) is 0 Å². The highest BCUT2D eigenvalue weighted by Gasteiger charge is 2.22. The average Bonchev–Trinajstić information content (AvgIpc) is 2.63. The SMILES string of the molecule is CCCCCCCCCCCCCCCCCCCC1CC(C)CC(C)N1. The van der Waals surface area contributed by atoms with Gasteiger partial charge in [-0.1, -0.05) is 123 Å². The summed E-state index contributed by atoms with van der Waals surface area (Å²) in [6.07, 6.45) is 29.1. The molecule has 1 N–H and O–H groups in total. The number of hydrogen-bond donors (Lipinski definition) is 1. The van der Waals surface area contributed by atoms with Crippen molar-refractivity contribution in [2.24, 2.45) is 5.92 Å². The van der Waals surface area contributed by atoms with Gasteiger partial charge in [0.2, 0.25) is 0 Å². The van der Waals surface area contributed by atoms with E-state index in [1.54, 1.807) is 0 Å². The van der Waals surface area contributed by atoms with E-state index in [0.717, 1.165) is 18.0 Å². The van der Waals surface area contributed by atoms with Crippen LogP contribution in [-0.2, 0) is 0 Å². The highest BCUT2D eigenvalue weighted by atomic mass is 15.0. The Morgan fingerprint density at radius 2 is 0.963 bits per heavy atom. The van der Waals surface area contributed by atoms with Crippen molar-refractivity contribution < 1.29 is 0 Å². The van der Waals surface area contributed by atoms with E-state index in [9.17, 15) is 0 Å². The number of piperidine rings is 1. The third-order valence-corrected chi connectivity index (χ3v) is 6.62. The van der Waals surface area contributed by atoms with Crippen molar-refractivity contribution in [2.75, 3.05) is 0 Å². The molecule has 0 saturated carbocycles. The fourth-order valence-corrected chi connectivity index (χ4v) is 5.04. The van der Waals surface area contributed by atoms with Crippen molar-refractivity contribution in [3.05, 3.63) is 0 Å². The van der Waals surface area contributed by atoms with Gasteiger partial charge in [-0.2, -0.15) is 0 Å². The van der Waals surface area contributed by atoms with Gasteiger partial charge in [-0.3, -0.25) is 0 Å². The van der Waals surface area contributed by atoms with Crippen molar-refractivity contribution in [3.63, 3.8) is 0 Å². The Morgan fingerprint density at radius 3 is 1.37 bits per heavy atom. The van der Waals surface area contributed by atoms with Gasteiger partial charge < -0.3 is 5.32 Å². The zero-order valence-electron chi connectivity index (χ0n) is 19.4. The molecule has 0 amide bonds. The molecular formula is C26H53N. The van der Waals surface area contributed by atoms with E-state index in [2.05, 4.69) is 26.1 Å². The number of rotatable bonds is 18. The van der Waals surface area contributed by atoms with Crippen LogP contribution in [0, 0.1) is 5.92 Å². The number of nitrogens with one attached hydrogen (secondary N) is 1. The molecule has 1 heteroatoms. The van der Waals surface area contributed by atoms with Crippen molar-refractivity contribution in [1.82, 2.24) is 5.32 Å². The van der Waals surface area contributed by atoms with Crippen molar-refractivity contribution in [3.8, 4) is 0 Å². The van der Waals surface area contributed by atoms with Gasteiger partial charge in [0.05, 0.1) is 0 Å². The van der Waals surface area contributed by atoms with Crippen LogP contribution in [-0.4, -0.2) is 12.1 Å². The largest absolute Gasteiger partial charge is 0.311 e. The molecule has 0 radical (unpaired) electrons. The van der Waals surface area contributed by atoms with E-state index in [-0.39, 0.29) is 0 Å². The molecule has 3 unspecified atom stereocenters.